The lowest BCUT2D eigenvalue weighted by molar-refractivity contribution is 1.07. The van der Waals surface area contributed by atoms with E-state index in [0.29, 0.717) is 16.0 Å². The van der Waals surface area contributed by atoms with Crippen molar-refractivity contribution < 1.29 is 0 Å². The number of halogens is 2. The predicted octanol–water partition coefficient (Wildman–Crippen LogP) is 1.57. The number of hydrogen-bond acceptors (Lipinski definition) is 3. The maximum atomic E-state index is 5.81. The number of amidine groups is 1. The Kier molecular flexibility index (Phi) is 1.55. The van der Waals surface area contributed by atoms with Crippen LogP contribution in [0.2, 0.25) is 0 Å². The van der Waals surface area contributed by atoms with E-state index in [2.05, 4.69) is 15.0 Å². The Morgan fingerprint density at radius 2 is 2.18 bits per heavy atom. The molecule has 1 unspecified atom stereocenters. The molecule has 0 bridgehead atoms. The third-order valence-electron chi connectivity index (χ3n) is 1.39. The van der Waals surface area contributed by atoms with Gasteiger partial charge in [0.25, 0.3) is 0 Å². The van der Waals surface area contributed by atoms with Crippen LogP contribution in [0.15, 0.2) is 26.1 Å². The van der Waals surface area contributed by atoms with Gasteiger partial charge in [-0.2, -0.15) is 0 Å². The first kappa shape index (κ1) is 7.00. The molecule has 0 saturated heterocycles. The van der Waals surface area contributed by atoms with E-state index in [0.717, 1.165) is 0 Å². The number of aliphatic imine (C=N–C) groups is 3. The number of hydrogen-bond donors (Lipinski definition) is 0. The van der Waals surface area contributed by atoms with Crippen molar-refractivity contribution in [1.82, 2.24) is 0 Å². The molecular formula is C6H3Cl2N3. The monoisotopic (exact) mass is 187 g/mol. The van der Waals surface area contributed by atoms with Gasteiger partial charge in [0, 0.05) is 0 Å². The van der Waals surface area contributed by atoms with E-state index in [9.17, 15) is 0 Å². The Balaban J connectivity index is 2.45. The van der Waals surface area contributed by atoms with Crippen molar-refractivity contribution in [2.24, 2.45) is 15.0 Å². The summed E-state index contributed by atoms with van der Waals surface area (Å²) >= 11 is 11.4. The van der Waals surface area contributed by atoms with E-state index in [1.165, 1.54) is 6.34 Å². The molecule has 0 aliphatic carbocycles. The van der Waals surface area contributed by atoms with E-state index < -0.39 is 0 Å². The topological polar surface area (TPSA) is 37.1 Å². The average Bonchev–Trinajstić information content (AvgIpc) is 2.34. The molecule has 0 fully saturated rings. The van der Waals surface area contributed by atoms with Crippen molar-refractivity contribution in [3.05, 3.63) is 11.1 Å². The summed E-state index contributed by atoms with van der Waals surface area (Å²) in [5.74, 6) is 0.572. The lowest BCUT2D eigenvalue weighted by atomic mass is 10.2. The van der Waals surface area contributed by atoms with Crippen LogP contribution in [0.5, 0.6) is 0 Å². The zero-order valence-corrected chi connectivity index (χ0v) is 6.84. The molecule has 0 aromatic heterocycles. The SMILES string of the molecule is ClC1=CC(Cl)=NC2=NC=NC12. The van der Waals surface area contributed by atoms with Crippen molar-refractivity contribution in [2.45, 2.75) is 6.04 Å². The normalized spacial score (nSPS) is 27.5. The zero-order valence-electron chi connectivity index (χ0n) is 5.33. The molecule has 2 heterocycles. The Morgan fingerprint density at radius 1 is 1.36 bits per heavy atom. The molecule has 0 aromatic rings. The van der Waals surface area contributed by atoms with Crippen LogP contribution in [0, 0.1) is 0 Å². The standard InChI is InChI=1S/C6H3Cl2N3/c7-3-1-4(8)11-6-5(3)9-2-10-6/h1-2,5H. The molecule has 1 atom stereocenters. The number of dihydropyridines is 1. The van der Waals surface area contributed by atoms with E-state index >= 15 is 0 Å². The highest BCUT2D eigenvalue weighted by Gasteiger charge is 2.24. The molecular weight excluding hydrogens is 185 g/mol. The summed E-state index contributed by atoms with van der Waals surface area (Å²) in [5, 5.41) is 0.924. The van der Waals surface area contributed by atoms with E-state index in [1.807, 2.05) is 0 Å². The quantitative estimate of drug-likeness (QED) is 0.553. The molecule has 2 aliphatic rings. The third-order valence-corrected chi connectivity index (χ3v) is 1.90. The Bertz CT molecular complexity index is 314. The molecule has 2 rings (SSSR count). The van der Waals surface area contributed by atoms with Crippen molar-refractivity contribution in [3.8, 4) is 0 Å². The van der Waals surface area contributed by atoms with Gasteiger partial charge in [0.05, 0.1) is 5.03 Å². The lowest BCUT2D eigenvalue weighted by Gasteiger charge is -2.10. The molecule has 3 nitrogen and oxygen atoms in total. The van der Waals surface area contributed by atoms with Gasteiger partial charge in [-0.3, -0.25) is 4.99 Å². The summed E-state index contributed by atoms with van der Waals surface area (Å²) in [6.45, 7) is 0. The molecule has 0 radical (unpaired) electrons. The summed E-state index contributed by atoms with van der Waals surface area (Å²) in [5.41, 5.74) is 0. The molecule has 0 spiro atoms. The summed E-state index contributed by atoms with van der Waals surface area (Å²) in [6, 6.07) is -0.209. The van der Waals surface area contributed by atoms with Crippen LogP contribution < -0.4 is 0 Å². The van der Waals surface area contributed by atoms with Crippen molar-refractivity contribution in [1.29, 1.82) is 0 Å². The number of rotatable bonds is 0. The highest BCUT2D eigenvalue weighted by molar-refractivity contribution is 6.70. The van der Waals surface area contributed by atoms with Gasteiger partial charge in [-0.15, -0.1) is 0 Å². The molecule has 0 aromatic carbocycles. The fraction of sp³-hybridized carbons (Fsp3) is 0.167. The van der Waals surface area contributed by atoms with Crippen LogP contribution in [0.3, 0.4) is 0 Å². The molecule has 11 heavy (non-hydrogen) atoms. The van der Waals surface area contributed by atoms with Crippen LogP contribution >= 0.6 is 23.2 Å². The Morgan fingerprint density at radius 3 is 3.00 bits per heavy atom. The second-order valence-electron chi connectivity index (χ2n) is 2.12. The van der Waals surface area contributed by atoms with Crippen LogP contribution in [-0.2, 0) is 0 Å². The minimum atomic E-state index is -0.209. The highest BCUT2D eigenvalue weighted by atomic mass is 35.5. The largest absolute Gasteiger partial charge is 0.256 e. The molecule has 0 saturated carbocycles. The van der Waals surface area contributed by atoms with Gasteiger partial charge in [-0.05, 0) is 6.08 Å². The summed E-state index contributed by atoms with van der Waals surface area (Å²) < 4.78 is 0. The zero-order chi connectivity index (χ0) is 7.84. The lowest BCUT2D eigenvalue weighted by Crippen LogP contribution is -2.18. The minimum Gasteiger partial charge on any atom is -0.256 e. The van der Waals surface area contributed by atoms with Crippen molar-refractivity contribution >= 4 is 40.5 Å². The summed E-state index contributed by atoms with van der Waals surface area (Å²) in [4.78, 5) is 11.8. The van der Waals surface area contributed by atoms with Gasteiger partial charge >= 0.3 is 0 Å². The van der Waals surface area contributed by atoms with E-state index in [4.69, 9.17) is 23.2 Å². The van der Waals surface area contributed by atoms with Crippen LogP contribution in [0.4, 0.5) is 0 Å². The first-order chi connectivity index (χ1) is 5.27. The second kappa shape index (κ2) is 2.43. The first-order valence-electron chi connectivity index (χ1n) is 2.98. The molecule has 0 N–H and O–H groups in total. The predicted molar refractivity (Wildman–Crippen MR) is 46.9 cm³/mol. The third kappa shape index (κ3) is 1.10. The van der Waals surface area contributed by atoms with Gasteiger partial charge < -0.3 is 0 Å². The maximum Gasteiger partial charge on any atom is 0.161 e. The van der Waals surface area contributed by atoms with Crippen LogP contribution in [0.25, 0.3) is 0 Å². The summed E-state index contributed by atoms with van der Waals surface area (Å²) in [6.07, 6.45) is 3.02. The highest BCUT2D eigenvalue weighted by Crippen LogP contribution is 2.21. The maximum absolute atomic E-state index is 5.81. The van der Waals surface area contributed by atoms with Crippen LogP contribution in [0.1, 0.15) is 0 Å². The average molecular weight is 188 g/mol. The summed E-state index contributed by atoms with van der Waals surface area (Å²) in [7, 11) is 0. The van der Waals surface area contributed by atoms with Crippen molar-refractivity contribution in [2.75, 3.05) is 0 Å². The molecule has 2 aliphatic heterocycles. The number of fused-ring (bicyclic) bond motifs is 1. The molecule has 56 valence electrons. The second-order valence-corrected chi connectivity index (χ2v) is 2.94. The fourth-order valence-corrected chi connectivity index (χ4v) is 1.43. The Labute approximate surface area is 73.2 Å². The van der Waals surface area contributed by atoms with Gasteiger partial charge in [-0.25, -0.2) is 9.98 Å². The first-order valence-corrected chi connectivity index (χ1v) is 3.73. The molecule has 0 amide bonds. The minimum absolute atomic E-state index is 0.209. The number of allylic oxidation sites excluding steroid dienone is 1. The number of nitrogens with zero attached hydrogens (tertiary/aromatic N) is 3. The Hall–Kier alpha value is -0.670. The van der Waals surface area contributed by atoms with E-state index in [1.54, 1.807) is 6.08 Å². The smallest absolute Gasteiger partial charge is 0.161 e. The van der Waals surface area contributed by atoms with Gasteiger partial charge in [-0.1, -0.05) is 23.2 Å². The van der Waals surface area contributed by atoms with E-state index in [-0.39, 0.29) is 6.04 Å². The van der Waals surface area contributed by atoms with Crippen molar-refractivity contribution in [3.63, 3.8) is 0 Å². The molecule has 5 heteroatoms. The fourth-order valence-electron chi connectivity index (χ4n) is 0.915. The van der Waals surface area contributed by atoms with Gasteiger partial charge in [0.15, 0.2) is 5.84 Å². The van der Waals surface area contributed by atoms with Crippen LogP contribution in [-0.4, -0.2) is 23.4 Å². The van der Waals surface area contributed by atoms with Gasteiger partial charge in [0.2, 0.25) is 0 Å². The van der Waals surface area contributed by atoms with Gasteiger partial charge in [0.1, 0.15) is 17.6 Å².